The molecule has 0 aliphatic carbocycles. The summed E-state index contributed by atoms with van der Waals surface area (Å²) in [5, 5.41) is 0. The van der Waals surface area contributed by atoms with Crippen LogP contribution in [0.5, 0.6) is 23.0 Å². The lowest BCUT2D eigenvalue weighted by Gasteiger charge is -2.39. The fourth-order valence-corrected chi connectivity index (χ4v) is 3.72. The van der Waals surface area contributed by atoms with Gasteiger partial charge in [0.15, 0.2) is 18.3 Å². The number of fused-ring (bicyclic) bond motifs is 1. The van der Waals surface area contributed by atoms with E-state index in [1.807, 2.05) is 0 Å². The van der Waals surface area contributed by atoms with Crippen molar-refractivity contribution >= 4 is 29.8 Å². The van der Waals surface area contributed by atoms with Crippen molar-refractivity contribution in [2.24, 2.45) is 0 Å². The number of hydrogen-bond acceptors (Lipinski definition) is 11. The predicted octanol–water partition coefficient (Wildman–Crippen LogP) is 3.13. The van der Waals surface area contributed by atoms with Gasteiger partial charge >= 0.3 is 29.8 Å². The topological polar surface area (TPSA) is 141 Å². The molecule has 0 fully saturated rings. The number of benzene rings is 2. The Morgan fingerprint density at radius 3 is 1.75 bits per heavy atom. The smallest absolute Gasteiger partial charge is 0.308 e. The second-order valence-corrected chi connectivity index (χ2v) is 7.83. The van der Waals surface area contributed by atoms with Gasteiger partial charge in [-0.3, -0.25) is 24.0 Å². The molecular weight excluding hydrogens is 476 g/mol. The number of carbonyl (C=O) groups is 5. The molecule has 0 radical (unpaired) electrons. The second kappa shape index (κ2) is 10.9. The van der Waals surface area contributed by atoms with E-state index < -0.39 is 48.2 Å². The molecular formula is C25H24O11. The lowest BCUT2D eigenvalue weighted by atomic mass is 9.90. The first-order valence-corrected chi connectivity index (χ1v) is 10.8. The molecule has 1 heterocycles. The van der Waals surface area contributed by atoms with Crippen LogP contribution >= 0.6 is 0 Å². The molecule has 1 aliphatic rings. The number of carbonyl (C=O) groups excluding carboxylic acids is 5. The van der Waals surface area contributed by atoms with E-state index in [1.165, 1.54) is 52.0 Å². The molecule has 11 heteroatoms. The van der Waals surface area contributed by atoms with Gasteiger partial charge in [-0.2, -0.15) is 0 Å². The zero-order chi connectivity index (χ0) is 26.6. The summed E-state index contributed by atoms with van der Waals surface area (Å²) in [6, 6.07) is 8.82. The molecule has 2 aromatic rings. The van der Waals surface area contributed by atoms with Crippen molar-refractivity contribution in [3.63, 3.8) is 0 Å². The Morgan fingerprint density at radius 2 is 1.22 bits per heavy atom. The Balaban J connectivity index is 2.19. The van der Waals surface area contributed by atoms with Gasteiger partial charge in [0, 0.05) is 46.8 Å². The van der Waals surface area contributed by atoms with Crippen LogP contribution in [0.15, 0.2) is 36.4 Å². The van der Waals surface area contributed by atoms with Crippen molar-refractivity contribution < 1.29 is 52.4 Å². The second-order valence-electron chi connectivity index (χ2n) is 7.83. The normalized spacial score (nSPS) is 18.1. The third-order valence-electron chi connectivity index (χ3n) is 4.79. The van der Waals surface area contributed by atoms with E-state index in [2.05, 4.69) is 0 Å². The number of ether oxygens (including phenoxy) is 6. The molecule has 0 unspecified atom stereocenters. The van der Waals surface area contributed by atoms with Crippen molar-refractivity contribution in [2.75, 3.05) is 0 Å². The maximum Gasteiger partial charge on any atom is 0.308 e. The molecule has 0 amide bonds. The lowest BCUT2D eigenvalue weighted by Crippen LogP contribution is -2.40. The summed E-state index contributed by atoms with van der Waals surface area (Å²) < 4.78 is 32.7. The van der Waals surface area contributed by atoms with Crippen LogP contribution < -0.4 is 18.9 Å². The third-order valence-corrected chi connectivity index (χ3v) is 4.79. The number of rotatable bonds is 6. The summed E-state index contributed by atoms with van der Waals surface area (Å²) in [7, 11) is 0. The molecule has 36 heavy (non-hydrogen) atoms. The number of hydrogen-bond donors (Lipinski definition) is 0. The molecule has 0 aromatic heterocycles. The van der Waals surface area contributed by atoms with Gasteiger partial charge in [0.05, 0.1) is 5.56 Å². The van der Waals surface area contributed by atoms with Crippen LogP contribution in [-0.4, -0.2) is 36.0 Å². The van der Waals surface area contributed by atoms with E-state index >= 15 is 0 Å². The molecule has 1 aliphatic heterocycles. The first kappa shape index (κ1) is 26.2. The summed E-state index contributed by atoms with van der Waals surface area (Å²) in [6.07, 6.45) is -3.48. The van der Waals surface area contributed by atoms with Crippen molar-refractivity contribution in [1.29, 1.82) is 0 Å². The third kappa shape index (κ3) is 6.38. The van der Waals surface area contributed by atoms with Crippen molar-refractivity contribution in [3.8, 4) is 23.0 Å². The molecule has 0 saturated heterocycles. The number of esters is 5. The zero-order valence-electron chi connectivity index (χ0n) is 20.2. The summed E-state index contributed by atoms with van der Waals surface area (Å²) in [5.41, 5.74) is 0.585. The Labute approximate surface area is 206 Å². The van der Waals surface area contributed by atoms with Crippen LogP contribution in [0.2, 0.25) is 0 Å². The standard InChI is InChI=1S/C25H24O11/c1-12(26)31-18-8-6-17(7-9-18)23-25(35-16(5)30)24(34-15(4)29)22-20(33-14(3)28)10-19(32-13(2)27)11-21(22)36-23/h6-11,23-25H,1-5H3/t23-,24-,25-/m1/s1. The highest BCUT2D eigenvalue weighted by molar-refractivity contribution is 5.74. The van der Waals surface area contributed by atoms with E-state index in [9.17, 15) is 24.0 Å². The highest BCUT2D eigenvalue weighted by atomic mass is 16.6. The molecule has 3 atom stereocenters. The highest BCUT2D eigenvalue weighted by Gasteiger charge is 2.46. The minimum atomic E-state index is -1.26. The van der Waals surface area contributed by atoms with Gasteiger partial charge in [0.2, 0.25) is 0 Å². The first-order chi connectivity index (χ1) is 16.9. The summed E-state index contributed by atoms with van der Waals surface area (Å²) in [5.74, 6) is -2.99. The maximum atomic E-state index is 12.1. The van der Waals surface area contributed by atoms with Crippen molar-refractivity contribution in [1.82, 2.24) is 0 Å². The molecule has 0 bridgehead atoms. The summed E-state index contributed by atoms with van der Waals surface area (Å²) in [6.45, 7) is 5.96. The van der Waals surface area contributed by atoms with Crippen LogP contribution in [0.4, 0.5) is 0 Å². The van der Waals surface area contributed by atoms with Gasteiger partial charge < -0.3 is 28.4 Å². The molecule has 3 rings (SSSR count). The van der Waals surface area contributed by atoms with Crippen LogP contribution in [0.3, 0.4) is 0 Å². The molecule has 0 N–H and O–H groups in total. The van der Waals surface area contributed by atoms with E-state index in [1.54, 1.807) is 12.1 Å². The van der Waals surface area contributed by atoms with Gasteiger partial charge in [-0.25, -0.2) is 0 Å². The highest BCUT2D eigenvalue weighted by Crippen LogP contribution is 2.50. The lowest BCUT2D eigenvalue weighted by molar-refractivity contribution is -0.178. The van der Waals surface area contributed by atoms with Crippen LogP contribution in [0, 0.1) is 0 Å². The van der Waals surface area contributed by atoms with Crippen LogP contribution in [0.1, 0.15) is 58.0 Å². The first-order valence-electron chi connectivity index (χ1n) is 10.8. The average Bonchev–Trinajstić information content (AvgIpc) is 2.73. The Kier molecular flexibility index (Phi) is 7.93. The fraction of sp³-hybridized carbons (Fsp3) is 0.320. The maximum absolute atomic E-state index is 12.1. The zero-order valence-corrected chi connectivity index (χ0v) is 20.2. The Bertz CT molecular complexity index is 1200. The van der Waals surface area contributed by atoms with Gasteiger partial charge in [0.1, 0.15) is 23.0 Å². The van der Waals surface area contributed by atoms with E-state index in [0.717, 1.165) is 6.92 Å². The van der Waals surface area contributed by atoms with Gasteiger partial charge in [-0.05, 0) is 17.7 Å². The summed E-state index contributed by atoms with van der Waals surface area (Å²) in [4.78, 5) is 58.7. The Hall–Kier alpha value is -4.41. The van der Waals surface area contributed by atoms with E-state index in [4.69, 9.17) is 28.4 Å². The molecule has 0 saturated carbocycles. The SMILES string of the molecule is CC(=O)Oc1ccc([C@H]2Oc3cc(OC(C)=O)cc(OC(C)=O)c3[C@@H](OC(C)=O)[C@@H]2OC(C)=O)cc1. The van der Waals surface area contributed by atoms with Gasteiger partial charge in [-0.1, -0.05) is 12.1 Å². The van der Waals surface area contributed by atoms with Crippen LogP contribution in [0.25, 0.3) is 0 Å². The van der Waals surface area contributed by atoms with Gasteiger partial charge in [-0.15, -0.1) is 0 Å². The summed E-state index contributed by atoms with van der Waals surface area (Å²) >= 11 is 0. The fourth-order valence-electron chi connectivity index (χ4n) is 3.72. The monoisotopic (exact) mass is 500 g/mol. The average molecular weight is 500 g/mol. The minimum absolute atomic E-state index is 0.00830. The Morgan fingerprint density at radius 1 is 0.667 bits per heavy atom. The van der Waals surface area contributed by atoms with E-state index in [-0.39, 0.29) is 28.6 Å². The van der Waals surface area contributed by atoms with Gasteiger partial charge in [0.25, 0.3) is 0 Å². The largest absolute Gasteiger partial charge is 0.481 e. The van der Waals surface area contributed by atoms with Crippen molar-refractivity contribution in [2.45, 2.75) is 52.9 Å². The van der Waals surface area contributed by atoms with Crippen LogP contribution in [-0.2, 0) is 33.4 Å². The molecule has 190 valence electrons. The molecule has 0 spiro atoms. The predicted molar refractivity (Wildman–Crippen MR) is 120 cm³/mol. The van der Waals surface area contributed by atoms with Crippen molar-refractivity contribution in [3.05, 3.63) is 47.5 Å². The van der Waals surface area contributed by atoms with E-state index in [0.29, 0.717) is 5.56 Å². The molecule has 2 aromatic carbocycles. The molecule has 11 nitrogen and oxygen atoms in total. The minimum Gasteiger partial charge on any atom is -0.481 e. The quantitative estimate of drug-likeness (QED) is 0.427.